The number of thiazole rings is 1. The molecular weight excluding hydrogens is 456 g/mol. The van der Waals surface area contributed by atoms with Crippen LogP contribution in [-0.4, -0.2) is 24.6 Å². The summed E-state index contributed by atoms with van der Waals surface area (Å²) in [7, 11) is 1.59. The van der Waals surface area contributed by atoms with Gasteiger partial charge in [-0.15, -0.1) is 0 Å². The van der Waals surface area contributed by atoms with Crippen LogP contribution in [0, 0.1) is 0 Å². The largest absolute Gasteiger partial charge is 0.494 e. The van der Waals surface area contributed by atoms with Crippen LogP contribution in [0.4, 0.5) is 5.13 Å². The SMILES string of the molecule is COc1ccc(Cl)c2sc(N(Cc3ccccc3)C(=O)COc3ccc(C(C)C)cc3)nc12. The first-order valence-electron chi connectivity index (χ1n) is 10.7. The number of ether oxygens (including phenoxy) is 2. The molecule has 0 aliphatic rings. The number of carbonyl (C=O) groups excluding carboxylic acids is 1. The molecule has 170 valence electrons. The first-order chi connectivity index (χ1) is 16.0. The maximum Gasteiger partial charge on any atom is 0.267 e. The third-order valence-corrected chi connectivity index (χ3v) is 6.83. The molecule has 0 aliphatic heterocycles. The molecular formula is C26H25ClN2O3S. The Balaban J connectivity index is 1.61. The van der Waals surface area contributed by atoms with Crippen molar-refractivity contribution < 1.29 is 14.3 Å². The number of hydrogen-bond donors (Lipinski definition) is 0. The number of halogens is 1. The van der Waals surface area contributed by atoms with Gasteiger partial charge in [-0.05, 0) is 41.3 Å². The minimum Gasteiger partial charge on any atom is -0.494 e. The summed E-state index contributed by atoms with van der Waals surface area (Å²) in [6.45, 7) is 4.55. The van der Waals surface area contributed by atoms with Crippen LogP contribution in [0.5, 0.6) is 11.5 Å². The van der Waals surface area contributed by atoms with E-state index in [9.17, 15) is 4.79 Å². The summed E-state index contributed by atoms with van der Waals surface area (Å²) in [4.78, 5) is 19.7. The van der Waals surface area contributed by atoms with Crippen molar-refractivity contribution in [3.8, 4) is 11.5 Å². The van der Waals surface area contributed by atoms with Crippen molar-refractivity contribution in [2.24, 2.45) is 0 Å². The van der Waals surface area contributed by atoms with Gasteiger partial charge in [0, 0.05) is 0 Å². The van der Waals surface area contributed by atoms with Crippen LogP contribution in [0.3, 0.4) is 0 Å². The van der Waals surface area contributed by atoms with Crippen LogP contribution < -0.4 is 14.4 Å². The molecule has 5 nitrogen and oxygen atoms in total. The minimum absolute atomic E-state index is 0.103. The highest BCUT2D eigenvalue weighted by Crippen LogP contribution is 2.39. The van der Waals surface area contributed by atoms with Crippen molar-refractivity contribution >= 4 is 44.2 Å². The third kappa shape index (κ3) is 5.29. The zero-order valence-corrected chi connectivity index (χ0v) is 20.3. The molecule has 0 saturated carbocycles. The predicted octanol–water partition coefficient (Wildman–Crippen LogP) is 6.69. The van der Waals surface area contributed by atoms with Gasteiger partial charge >= 0.3 is 0 Å². The summed E-state index contributed by atoms with van der Waals surface area (Å²) in [5.41, 5.74) is 2.85. The molecule has 0 unspecified atom stereocenters. The van der Waals surface area contributed by atoms with E-state index in [2.05, 4.69) is 13.8 Å². The summed E-state index contributed by atoms with van der Waals surface area (Å²) >= 11 is 7.77. The van der Waals surface area contributed by atoms with Crippen molar-refractivity contribution in [3.63, 3.8) is 0 Å². The Morgan fingerprint density at radius 3 is 2.45 bits per heavy atom. The fraction of sp³-hybridized carbons (Fsp3) is 0.231. The van der Waals surface area contributed by atoms with Gasteiger partial charge in [-0.2, -0.15) is 0 Å². The van der Waals surface area contributed by atoms with Crippen molar-refractivity contribution in [2.75, 3.05) is 18.6 Å². The summed E-state index contributed by atoms with van der Waals surface area (Å²) in [5.74, 6) is 1.51. The van der Waals surface area contributed by atoms with E-state index in [4.69, 9.17) is 26.1 Å². The standard InChI is InChI=1S/C26H25ClN2O3S/c1-17(2)19-9-11-20(12-10-19)32-16-23(30)29(15-18-7-5-4-6-8-18)26-28-24-22(31-3)14-13-21(27)25(24)33-26/h4-14,17H,15-16H2,1-3H3. The number of anilines is 1. The fourth-order valence-corrected chi connectivity index (χ4v) is 4.69. The lowest BCUT2D eigenvalue weighted by atomic mass is 10.0. The van der Waals surface area contributed by atoms with E-state index in [1.165, 1.54) is 16.9 Å². The number of amides is 1. The van der Waals surface area contributed by atoms with Gasteiger partial charge in [0.25, 0.3) is 5.91 Å². The smallest absolute Gasteiger partial charge is 0.267 e. The average Bonchev–Trinajstić information content (AvgIpc) is 3.28. The molecule has 0 radical (unpaired) electrons. The molecule has 0 atom stereocenters. The number of fused-ring (bicyclic) bond motifs is 1. The number of benzene rings is 3. The molecule has 0 fully saturated rings. The highest BCUT2D eigenvalue weighted by molar-refractivity contribution is 7.23. The van der Waals surface area contributed by atoms with E-state index in [0.717, 1.165) is 10.3 Å². The van der Waals surface area contributed by atoms with E-state index in [1.807, 2.05) is 54.6 Å². The third-order valence-electron chi connectivity index (χ3n) is 5.29. The van der Waals surface area contributed by atoms with Gasteiger partial charge in [0.05, 0.1) is 23.4 Å². The lowest BCUT2D eigenvalue weighted by Crippen LogP contribution is -2.34. The lowest BCUT2D eigenvalue weighted by Gasteiger charge is -2.20. The topological polar surface area (TPSA) is 51.7 Å². The molecule has 0 N–H and O–H groups in total. The molecule has 1 amide bonds. The zero-order valence-electron chi connectivity index (χ0n) is 18.7. The van der Waals surface area contributed by atoms with Gasteiger partial charge < -0.3 is 9.47 Å². The molecule has 33 heavy (non-hydrogen) atoms. The number of rotatable bonds is 8. The van der Waals surface area contributed by atoms with Crippen molar-refractivity contribution in [1.82, 2.24) is 4.98 Å². The Morgan fingerprint density at radius 2 is 1.79 bits per heavy atom. The number of carbonyl (C=O) groups is 1. The van der Waals surface area contributed by atoms with Crippen LogP contribution in [-0.2, 0) is 11.3 Å². The fourth-order valence-electron chi connectivity index (χ4n) is 3.42. The second kappa shape index (κ2) is 10.2. The number of nitrogens with zero attached hydrogens (tertiary/aromatic N) is 2. The molecule has 1 heterocycles. The summed E-state index contributed by atoms with van der Waals surface area (Å²) in [6, 6.07) is 21.2. The maximum absolute atomic E-state index is 13.3. The van der Waals surface area contributed by atoms with Gasteiger partial charge in [-0.25, -0.2) is 4.98 Å². The first kappa shape index (κ1) is 23.1. The molecule has 7 heteroatoms. The summed E-state index contributed by atoms with van der Waals surface area (Å²) in [5, 5.41) is 1.12. The average molecular weight is 481 g/mol. The molecule has 4 rings (SSSR count). The van der Waals surface area contributed by atoms with Gasteiger partial charge in [0.2, 0.25) is 0 Å². The van der Waals surface area contributed by atoms with Crippen LogP contribution in [0.2, 0.25) is 5.02 Å². The Hall–Kier alpha value is -3.09. The molecule has 4 aromatic rings. The van der Waals surface area contributed by atoms with Crippen molar-refractivity contribution in [1.29, 1.82) is 0 Å². The van der Waals surface area contributed by atoms with E-state index < -0.39 is 0 Å². The maximum atomic E-state index is 13.3. The quantitative estimate of drug-likeness (QED) is 0.282. The van der Waals surface area contributed by atoms with Crippen LogP contribution in [0.1, 0.15) is 30.9 Å². The van der Waals surface area contributed by atoms with E-state index in [1.54, 1.807) is 24.1 Å². The molecule has 0 bridgehead atoms. The molecule has 0 aliphatic carbocycles. The molecule has 3 aromatic carbocycles. The summed E-state index contributed by atoms with van der Waals surface area (Å²) in [6.07, 6.45) is 0. The molecule has 0 saturated heterocycles. The van der Waals surface area contributed by atoms with Crippen LogP contribution >= 0.6 is 22.9 Å². The van der Waals surface area contributed by atoms with Gasteiger partial charge in [0.15, 0.2) is 11.7 Å². The number of methoxy groups -OCH3 is 1. The Labute approximate surface area is 202 Å². The van der Waals surface area contributed by atoms with Crippen molar-refractivity contribution in [2.45, 2.75) is 26.3 Å². The van der Waals surface area contributed by atoms with Crippen LogP contribution in [0.25, 0.3) is 10.2 Å². The Kier molecular flexibility index (Phi) is 7.16. The zero-order chi connectivity index (χ0) is 23.4. The summed E-state index contributed by atoms with van der Waals surface area (Å²) < 4.78 is 12.0. The Bertz CT molecular complexity index is 1240. The van der Waals surface area contributed by atoms with E-state index in [0.29, 0.717) is 39.6 Å². The molecule has 1 aromatic heterocycles. The second-order valence-electron chi connectivity index (χ2n) is 7.90. The second-order valence-corrected chi connectivity index (χ2v) is 9.29. The first-order valence-corrected chi connectivity index (χ1v) is 11.9. The highest BCUT2D eigenvalue weighted by Gasteiger charge is 2.23. The van der Waals surface area contributed by atoms with Crippen LogP contribution in [0.15, 0.2) is 66.7 Å². The molecule has 0 spiro atoms. The predicted molar refractivity (Wildman–Crippen MR) is 135 cm³/mol. The van der Waals surface area contributed by atoms with E-state index in [-0.39, 0.29) is 12.5 Å². The lowest BCUT2D eigenvalue weighted by molar-refractivity contribution is -0.120. The van der Waals surface area contributed by atoms with Gasteiger partial charge in [-0.3, -0.25) is 9.69 Å². The Morgan fingerprint density at radius 1 is 1.06 bits per heavy atom. The van der Waals surface area contributed by atoms with Gasteiger partial charge in [-0.1, -0.05) is 79.2 Å². The highest BCUT2D eigenvalue weighted by atomic mass is 35.5. The monoisotopic (exact) mass is 480 g/mol. The van der Waals surface area contributed by atoms with Crippen molar-refractivity contribution in [3.05, 3.63) is 82.9 Å². The normalized spacial score (nSPS) is 11.1. The minimum atomic E-state index is -0.194. The number of aromatic nitrogens is 1. The van der Waals surface area contributed by atoms with E-state index >= 15 is 0 Å². The van der Waals surface area contributed by atoms with Gasteiger partial charge in [0.1, 0.15) is 17.0 Å². The number of hydrogen-bond acceptors (Lipinski definition) is 5.